The number of aromatic nitrogens is 4. The molecule has 0 saturated heterocycles. The average molecular weight is 385 g/mol. The number of thioether (sulfide) groups is 1. The Bertz CT molecular complexity index is 1060. The monoisotopic (exact) mass is 384 g/mol. The first-order valence-electron chi connectivity index (χ1n) is 7.84. The van der Waals surface area contributed by atoms with Crippen LogP contribution in [-0.4, -0.2) is 31.7 Å². The van der Waals surface area contributed by atoms with Crippen molar-refractivity contribution in [3.63, 3.8) is 0 Å². The molecule has 0 spiro atoms. The summed E-state index contributed by atoms with van der Waals surface area (Å²) in [4.78, 5) is 12.4. The lowest BCUT2D eigenvalue weighted by atomic mass is 10.2. The number of hydrogen-bond donors (Lipinski definition) is 0. The summed E-state index contributed by atoms with van der Waals surface area (Å²) in [5.74, 6) is 0.358. The first-order valence-corrected chi connectivity index (χ1v) is 9.20. The van der Waals surface area contributed by atoms with E-state index in [1.807, 2.05) is 30.3 Å². The number of nitrogens with zero attached hydrogens (tertiary/aromatic N) is 4. The van der Waals surface area contributed by atoms with Crippen LogP contribution in [0.5, 0.6) is 0 Å². The van der Waals surface area contributed by atoms with Gasteiger partial charge in [0.05, 0.1) is 12.3 Å². The Morgan fingerprint density at radius 1 is 1.15 bits per heavy atom. The number of Topliss-reactive ketones (excluding diaryl/α,β-unsaturated/α-hetero) is 1. The van der Waals surface area contributed by atoms with Gasteiger partial charge in [0.25, 0.3) is 0 Å². The largest absolute Gasteiger partial charge is 0.453 e. The van der Waals surface area contributed by atoms with Crippen LogP contribution in [0.4, 0.5) is 0 Å². The first kappa shape index (κ1) is 16.8. The molecule has 2 aromatic heterocycles. The van der Waals surface area contributed by atoms with Gasteiger partial charge in [-0.3, -0.25) is 4.79 Å². The van der Waals surface area contributed by atoms with Crippen LogP contribution in [-0.2, 0) is 6.54 Å². The molecular weight excluding hydrogens is 372 g/mol. The molecule has 0 N–H and O–H groups in total. The summed E-state index contributed by atoms with van der Waals surface area (Å²) in [7, 11) is 0. The van der Waals surface area contributed by atoms with Gasteiger partial charge in [-0.1, -0.05) is 53.7 Å². The standard InChI is InChI=1S/C18H13ClN4O2S/c19-14-6-7-16-13(8-14)9-17(25-16)15(24)11-26-18-20-21-22-23(18)10-12-4-2-1-3-5-12/h1-9H,10-11H2. The second kappa shape index (κ2) is 7.31. The molecule has 2 heterocycles. The Balaban J connectivity index is 1.45. The predicted octanol–water partition coefficient (Wildman–Crippen LogP) is 4.10. The number of hydrogen-bond acceptors (Lipinski definition) is 6. The van der Waals surface area contributed by atoms with Gasteiger partial charge in [-0.2, -0.15) is 0 Å². The van der Waals surface area contributed by atoms with E-state index < -0.39 is 0 Å². The number of halogens is 1. The lowest BCUT2D eigenvalue weighted by molar-refractivity contribution is 0.0994. The van der Waals surface area contributed by atoms with Crippen LogP contribution in [0.1, 0.15) is 16.1 Å². The van der Waals surface area contributed by atoms with Gasteiger partial charge in [0.1, 0.15) is 5.58 Å². The number of rotatable bonds is 6. The molecule has 0 atom stereocenters. The van der Waals surface area contributed by atoms with E-state index in [-0.39, 0.29) is 11.5 Å². The molecule has 6 nitrogen and oxygen atoms in total. The molecule has 4 rings (SSSR count). The van der Waals surface area contributed by atoms with Crippen molar-refractivity contribution < 1.29 is 9.21 Å². The summed E-state index contributed by atoms with van der Waals surface area (Å²) < 4.78 is 7.27. The highest BCUT2D eigenvalue weighted by atomic mass is 35.5. The molecule has 0 aliphatic heterocycles. The zero-order chi connectivity index (χ0) is 17.9. The van der Waals surface area contributed by atoms with Gasteiger partial charge in [-0.25, -0.2) is 4.68 Å². The molecule has 130 valence electrons. The Kier molecular flexibility index (Phi) is 4.73. The molecule has 8 heteroatoms. The van der Waals surface area contributed by atoms with Crippen molar-refractivity contribution >= 4 is 40.1 Å². The molecular formula is C18H13ClN4O2S. The quantitative estimate of drug-likeness (QED) is 0.368. The van der Waals surface area contributed by atoms with Gasteiger partial charge in [0.2, 0.25) is 10.9 Å². The van der Waals surface area contributed by atoms with Crippen molar-refractivity contribution in [3.8, 4) is 0 Å². The smallest absolute Gasteiger partial charge is 0.210 e. The third-order valence-electron chi connectivity index (χ3n) is 3.76. The third-order valence-corrected chi connectivity index (χ3v) is 4.95. The summed E-state index contributed by atoms with van der Waals surface area (Å²) in [5.41, 5.74) is 1.72. The minimum atomic E-state index is -0.128. The van der Waals surface area contributed by atoms with Crippen LogP contribution in [0.2, 0.25) is 5.02 Å². The highest BCUT2D eigenvalue weighted by Crippen LogP contribution is 2.25. The normalized spacial score (nSPS) is 11.1. The zero-order valence-corrected chi connectivity index (χ0v) is 15.1. The Morgan fingerprint density at radius 2 is 2.00 bits per heavy atom. The van der Waals surface area contributed by atoms with Gasteiger partial charge < -0.3 is 4.42 Å². The predicted molar refractivity (Wildman–Crippen MR) is 99.6 cm³/mol. The van der Waals surface area contributed by atoms with Crippen LogP contribution in [0.15, 0.2) is 64.2 Å². The number of ketones is 1. The molecule has 0 aliphatic rings. The Labute approximate surface area is 158 Å². The van der Waals surface area contributed by atoms with E-state index >= 15 is 0 Å². The van der Waals surface area contributed by atoms with Gasteiger partial charge in [0.15, 0.2) is 5.76 Å². The molecule has 0 fully saturated rings. The van der Waals surface area contributed by atoms with Crippen LogP contribution in [0.25, 0.3) is 11.0 Å². The molecule has 0 amide bonds. The number of benzene rings is 2. The van der Waals surface area contributed by atoms with Gasteiger partial charge in [-0.15, -0.1) is 5.10 Å². The number of carbonyl (C=O) groups excluding carboxylic acids is 1. The van der Waals surface area contributed by atoms with E-state index in [0.29, 0.717) is 28.1 Å². The highest BCUT2D eigenvalue weighted by Gasteiger charge is 2.15. The molecule has 0 unspecified atom stereocenters. The Hall–Kier alpha value is -2.64. The maximum Gasteiger partial charge on any atom is 0.210 e. The summed E-state index contributed by atoms with van der Waals surface area (Å²) in [6.45, 7) is 0.549. The fraction of sp³-hybridized carbons (Fsp3) is 0.111. The lowest BCUT2D eigenvalue weighted by Gasteiger charge is -2.03. The van der Waals surface area contributed by atoms with E-state index in [9.17, 15) is 4.79 Å². The van der Waals surface area contributed by atoms with Crippen molar-refractivity contribution in [1.29, 1.82) is 0 Å². The van der Waals surface area contributed by atoms with Crippen LogP contribution < -0.4 is 0 Å². The maximum atomic E-state index is 12.4. The van der Waals surface area contributed by atoms with Crippen molar-refractivity contribution in [3.05, 3.63) is 70.9 Å². The van der Waals surface area contributed by atoms with Crippen molar-refractivity contribution in [2.45, 2.75) is 11.7 Å². The maximum absolute atomic E-state index is 12.4. The molecule has 0 radical (unpaired) electrons. The van der Waals surface area contributed by atoms with Crippen molar-refractivity contribution in [2.24, 2.45) is 0 Å². The Morgan fingerprint density at radius 3 is 2.85 bits per heavy atom. The van der Waals surface area contributed by atoms with E-state index in [1.165, 1.54) is 11.8 Å². The second-order valence-electron chi connectivity index (χ2n) is 5.61. The van der Waals surface area contributed by atoms with E-state index in [2.05, 4.69) is 15.5 Å². The van der Waals surface area contributed by atoms with Gasteiger partial charge in [0, 0.05) is 10.4 Å². The molecule has 0 aliphatic carbocycles. The molecule has 0 bridgehead atoms. The number of fused-ring (bicyclic) bond motifs is 1. The van der Waals surface area contributed by atoms with Gasteiger partial charge in [-0.05, 0) is 40.3 Å². The van der Waals surface area contributed by atoms with Crippen molar-refractivity contribution in [1.82, 2.24) is 20.2 Å². The molecule has 2 aromatic carbocycles. The van der Waals surface area contributed by atoms with E-state index in [0.717, 1.165) is 10.9 Å². The van der Waals surface area contributed by atoms with Crippen LogP contribution >= 0.6 is 23.4 Å². The fourth-order valence-corrected chi connectivity index (χ4v) is 3.44. The lowest BCUT2D eigenvalue weighted by Crippen LogP contribution is -2.06. The van der Waals surface area contributed by atoms with E-state index in [1.54, 1.807) is 28.9 Å². The van der Waals surface area contributed by atoms with Crippen LogP contribution in [0.3, 0.4) is 0 Å². The summed E-state index contributed by atoms with van der Waals surface area (Å²) in [6, 6.07) is 16.8. The number of furan rings is 1. The second-order valence-corrected chi connectivity index (χ2v) is 6.99. The number of carbonyl (C=O) groups is 1. The van der Waals surface area contributed by atoms with E-state index in [4.69, 9.17) is 16.0 Å². The fourth-order valence-electron chi connectivity index (χ4n) is 2.51. The zero-order valence-electron chi connectivity index (χ0n) is 13.5. The summed E-state index contributed by atoms with van der Waals surface area (Å²) in [6.07, 6.45) is 0. The highest BCUT2D eigenvalue weighted by molar-refractivity contribution is 7.99. The van der Waals surface area contributed by atoms with Crippen LogP contribution in [0, 0.1) is 0 Å². The SMILES string of the molecule is O=C(CSc1nnnn1Cc1ccccc1)c1cc2cc(Cl)ccc2o1. The molecule has 4 aromatic rings. The summed E-state index contributed by atoms with van der Waals surface area (Å²) in [5, 5.41) is 13.7. The number of tetrazole rings is 1. The topological polar surface area (TPSA) is 73.8 Å². The minimum absolute atomic E-state index is 0.128. The van der Waals surface area contributed by atoms with Crippen molar-refractivity contribution in [2.75, 3.05) is 5.75 Å². The first-order chi connectivity index (χ1) is 12.7. The molecule has 26 heavy (non-hydrogen) atoms. The minimum Gasteiger partial charge on any atom is -0.453 e. The summed E-state index contributed by atoms with van der Waals surface area (Å²) >= 11 is 7.24. The van der Waals surface area contributed by atoms with Gasteiger partial charge >= 0.3 is 0 Å². The third kappa shape index (κ3) is 3.63. The average Bonchev–Trinajstić information content (AvgIpc) is 3.27. The molecule has 0 saturated carbocycles.